The molecule has 1 saturated heterocycles. The van der Waals surface area contributed by atoms with E-state index in [-0.39, 0.29) is 13.0 Å². The number of imide groups is 1. The smallest absolute Gasteiger partial charge is 0.325 e. The minimum absolute atomic E-state index is 0.00613. The van der Waals surface area contributed by atoms with E-state index < -0.39 is 41.7 Å². The third-order valence-electron chi connectivity index (χ3n) is 4.29. The first-order valence-corrected chi connectivity index (χ1v) is 7.90. The van der Waals surface area contributed by atoms with Crippen LogP contribution >= 0.6 is 0 Å². The highest BCUT2D eigenvalue weighted by molar-refractivity contribution is 6.09. The molecule has 9 heteroatoms. The van der Waals surface area contributed by atoms with Gasteiger partial charge in [0.15, 0.2) is 0 Å². The van der Waals surface area contributed by atoms with E-state index in [0.717, 1.165) is 4.90 Å². The molecule has 1 fully saturated rings. The average molecular weight is 365 g/mol. The molecule has 4 amide bonds. The van der Waals surface area contributed by atoms with Crippen LogP contribution in [0.25, 0.3) is 0 Å². The molecule has 1 aliphatic heterocycles. The van der Waals surface area contributed by atoms with Gasteiger partial charge in [0.25, 0.3) is 5.91 Å². The van der Waals surface area contributed by atoms with Crippen LogP contribution < -0.4 is 5.32 Å². The molecule has 0 aromatic heterocycles. The molecule has 1 atom stereocenters. The summed E-state index contributed by atoms with van der Waals surface area (Å²) in [5.41, 5.74) is -0.971. The normalized spacial score (nSPS) is 19.3. The van der Waals surface area contributed by atoms with Gasteiger partial charge in [-0.05, 0) is 24.6 Å². The van der Waals surface area contributed by atoms with E-state index in [2.05, 4.69) is 10.1 Å². The van der Waals surface area contributed by atoms with Gasteiger partial charge < -0.3 is 15.0 Å². The van der Waals surface area contributed by atoms with Crippen LogP contribution in [0, 0.1) is 5.82 Å². The van der Waals surface area contributed by atoms with Gasteiger partial charge in [0, 0.05) is 13.6 Å². The third kappa shape index (κ3) is 3.81. The predicted octanol–water partition coefficient (Wildman–Crippen LogP) is 0.614. The van der Waals surface area contributed by atoms with Crippen molar-refractivity contribution in [3.8, 4) is 0 Å². The number of rotatable bonds is 6. The van der Waals surface area contributed by atoms with Crippen molar-refractivity contribution in [2.24, 2.45) is 0 Å². The largest absolute Gasteiger partial charge is 0.469 e. The summed E-state index contributed by atoms with van der Waals surface area (Å²) in [7, 11) is 2.70. The third-order valence-corrected chi connectivity index (χ3v) is 4.29. The standard InChI is InChI=1S/C17H20FN3O5/c1-17(11-4-6-12(18)7-5-11)15(24)21(16(25)19-17)10-13(22)20(2)9-8-14(23)26-3/h4-7H,8-10H2,1-3H3,(H,19,25). The molecule has 1 aromatic rings. The van der Waals surface area contributed by atoms with Crippen molar-refractivity contribution in [3.63, 3.8) is 0 Å². The number of methoxy groups -OCH3 is 1. The van der Waals surface area contributed by atoms with Gasteiger partial charge in [-0.15, -0.1) is 0 Å². The molecular weight excluding hydrogens is 345 g/mol. The lowest BCUT2D eigenvalue weighted by atomic mass is 9.92. The monoisotopic (exact) mass is 365 g/mol. The molecule has 0 spiro atoms. The Hall–Kier alpha value is -2.97. The van der Waals surface area contributed by atoms with Crippen molar-refractivity contribution in [2.45, 2.75) is 18.9 Å². The highest BCUT2D eigenvalue weighted by Gasteiger charge is 2.49. The Balaban J connectivity index is 2.07. The fourth-order valence-electron chi connectivity index (χ4n) is 2.56. The molecule has 1 unspecified atom stereocenters. The van der Waals surface area contributed by atoms with E-state index >= 15 is 0 Å². The second-order valence-corrected chi connectivity index (χ2v) is 6.09. The first-order chi connectivity index (χ1) is 12.2. The molecule has 8 nitrogen and oxygen atoms in total. The molecule has 0 radical (unpaired) electrons. The van der Waals surface area contributed by atoms with E-state index in [1.807, 2.05) is 0 Å². The highest BCUT2D eigenvalue weighted by Crippen LogP contribution is 2.28. The molecule has 1 aliphatic rings. The zero-order valence-corrected chi connectivity index (χ0v) is 14.7. The number of esters is 1. The number of carbonyl (C=O) groups is 4. The molecule has 2 rings (SSSR count). The molecular formula is C17H20FN3O5. The summed E-state index contributed by atoms with van der Waals surface area (Å²) in [5.74, 6) is -2.04. The van der Waals surface area contributed by atoms with E-state index in [1.165, 1.54) is 50.2 Å². The lowest BCUT2D eigenvalue weighted by Gasteiger charge is -2.23. The van der Waals surface area contributed by atoms with Crippen molar-refractivity contribution in [1.29, 1.82) is 0 Å². The van der Waals surface area contributed by atoms with Crippen molar-refractivity contribution in [3.05, 3.63) is 35.6 Å². The van der Waals surface area contributed by atoms with E-state index in [9.17, 15) is 23.6 Å². The molecule has 1 aromatic carbocycles. The first-order valence-electron chi connectivity index (χ1n) is 7.90. The van der Waals surface area contributed by atoms with Crippen LogP contribution in [0.3, 0.4) is 0 Å². The number of amides is 4. The van der Waals surface area contributed by atoms with E-state index in [1.54, 1.807) is 0 Å². The van der Waals surface area contributed by atoms with Crippen LogP contribution in [-0.2, 0) is 24.7 Å². The number of nitrogens with zero attached hydrogens (tertiary/aromatic N) is 2. The summed E-state index contributed by atoms with van der Waals surface area (Å²) in [5, 5.41) is 2.54. The minimum atomic E-state index is -1.38. The summed E-state index contributed by atoms with van der Waals surface area (Å²) in [6.45, 7) is 1.13. The van der Waals surface area contributed by atoms with Crippen LogP contribution in [0.1, 0.15) is 18.9 Å². The van der Waals surface area contributed by atoms with Gasteiger partial charge >= 0.3 is 12.0 Å². The van der Waals surface area contributed by atoms with Crippen LogP contribution in [0.15, 0.2) is 24.3 Å². The molecule has 140 valence electrons. The second kappa shape index (κ2) is 7.51. The SMILES string of the molecule is COC(=O)CCN(C)C(=O)CN1C(=O)NC(C)(c2ccc(F)cc2)C1=O. The Morgan fingerprint density at radius 1 is 1.27 bits per heavy atom. The van der Waals surface area contributed by atoms with E-state index in [4.69, 9.17) is 0 Å². The number of hydrogen-bond acceptors (Lipinski definition) is 5. The summed E-state index contributed by atoms with van der Waals surface area (Å²) in [6, 6.07) is 4.47. The summed E-state index contributed by atoms with van der Waals surface area (Å²) >= 11 is 0. The molecule has 0 saturated carbocycles. The zero-order chi connectivity index (χ0) is 19.5. The number of urea groups is 1. The van der Waals surface area contributed by atoms with Gasteiger partial charge in [0.1, 0.15) is 17.9 Å². The van der Waals surface area contributed by atoms with Crippen LogP contribution in [0.2, 0.25) is 0 Å². The highest BCUT2D eigenvalue weighted by atomic mass is 19.1. The summed E-state index contributed by atoms with van der Waals surface area (Å²) < 4.78 is 17.6. The molecule has 1 N–H and O–H groups in total. The van der Waals surface area contributed by atoms with Gasteiger partial charge in [-0.3, -0.25) is 19.3 Å². The maximum Gasteiger partial charge on any atom is 0.325 e. The molecule has 26 heavy (non-hydrogen) atoms. The Kier molecular flexibility index (Phi) is 5.59. The topological polar surface area (TPSA) is 96.0 Å². The minimum Gasteiger partial charge on any atom is -0.469 e. The number of halogens is 1. The van der Waals surface area contributed by atoms with E-state index in [0.29, 0.717) is 5.56 Å². The van der Waals surface area contributed by atoms with Gasteiger partial charge in [-0.1, -0.05) is 12.1 Å². The van der Waals surface area contributed by atoms with Gasteiger partial charge in [-0.2, -0.15) is 0 Å². The Bertz CT molecular complexity index is 736. The van der Waals surface area contributed by atoms with Crippen molar-refractivity contribution in [1.82, 2.24) is 15.1 Å². The molecule has 1 heterocycles. The predicted molar refractivity (Wildman–Crippen MR) is 88.3 cm³/mol. The second-order valence-electron chi connectivity index (χ2n) is 6.09. The number of hydrogen-bond donors (Lipinski definition) is 1. The Morgan fingerprint density at radius 2 is 1.88 bits per heavy atom. The van der Waals surface area contributed by atoms with Crippen LogP contribution in [0.4, 0.5) is 9.18 Å². The maximum atomic E-state index is 13.1. The maximum absolute atomic E-state index is 13.1. The zero-order valence-electron chi connectivity index (χ0n) is 14.7. The number of benzene rings is 1. The number of likely N-dealkylation sites (N-methyl/N-ethyl adjacent to an activating group) is 1. The molecule has 0 aliphatic carbocycles. The average Bonchev–Trinajstić information content (AvgIpc) is 2.83. The Morgan fingerprint density at radius 3 is 2.46 bits per heavy atom. The van der Waals surface area contributed by atoms with Crippen molar-refractivity contribution >= 4 is 23.8 Å². The fourth-order valence-corrected chi connectivity index (χ4v) is 2.56. The van der Waals surface area contributed by atoms with Crippen molar-refractivity contribution < 1.29 is 28.3 Å². The number of ether oxygens (including phenoxy) is 1. The van der Waals surface area contributed by atoms with Gasteiger partial charge in [0.2, 0.25) is 5.91 Å². The Labute approximate surface area is 149 Å². The fraction of sp³-hybridized carbons (Fsp3) is 0.412. The molecule has 0 bridgehead atoms. The quantitative estimate of drug-likeness (QED) is 0.589. The van der Waals surface area contributed by atoms with Gasteiger partial charge in [0.05, 0.1) is 13.5 Å². The first kappa shape index (κ1) is 19.4. The number of nitrogens with one attached hydrogen (secondary N) is 1. The van der Waals surface area contributed by atoms with Gasteiger partial charge in [-0.25, -0.2) is 9.18 Å². The summed E-state index contributed by atoms with van der Waals surface area (Å²) in [6.07, 6.45) is 0.00613. The van der Waals surface area contributed by atoms with Crippen molar-refractivity contribution in [2.75, 3.05) is 27.2 Å². The number of carbonyl (C=O) groups excluding carboxylic acids is 4. The summed E-state index contributed by atoms with van der Waals surface area (Å²) in [4.78, 5) is 50.3. The van der Waals surface area contributed by atoms with Crippen LogP contribution in [-0.4, -0.2) is 60.9 Å². The van der Waals surface area contributed by atoms with Crippen LogP contribution in [0.5, 0.6) is 0 Å². The lowest BCUT2D eigenvalue weighted by molar-refractivity contribution is -0.142. The lowest BCUT2D eigenvalue weighted by Crippen LogP contribution is -2.44.